The molecular weight excluding hydrogens is 209 g/mol. The highest BCUT2D eigenvalue weighted by atomic mass is 35.5. The molecule has 0 heterocycles. The van der Waals surface area contributed by atoms with Crippen molar-refractivity contribution in [2.75, 3.05) is 14.2 Å². The Labute approximate surface area is 86.6 Å². The van der Waals surface area contributed by atoms with Gasteiger partial charge in [0.15, 0.2) is 11.6 Å². The first-order valence-electron chi connectivity index (χ1n) is 3.94. The molecule has 0 saturated heterocycles. The minimum atomic E-state index is -0.543. The Bertz CT molecular complexity index is 344. The summed E-state index contributed by atoms with van der Waals surface area (Å²) in [6.45, 7) is 0.157. The molecule has 0 spiro atoms. The first-order valence-corrected chi connectivity index (χ1v) is 4.32. The maximum atomic E-state index is 13.3. The molecule has 0 unspecified atom stereocenters. The van der Waals surface area contributed by atoms with E-state index in [1.165, 1.54) is 20.3 Å². The van der Waals surface area contributed by atoms with Gasteiger partial charge in [0, 0.05) is 12.1 Å². The quantitative estimate of drug-likeness (QED) is 0.845. The largest absolute Gasteiger partial charge is 0.495 e. The Hall–Kier alpha value is -1.00. The van der Waals surface area contributed by atoms with E-state index in [0.29, 0.717) is 11.3 Å². The van der Waals surface area contributed by atoms with E-state index < -0.39 is 5.82 Å². The lowest BCUT2D eigenvalue weighted by molar-refractivity contribution is 0.372. The van der Waals surface area contributed by atoms with E-state index in [0.717, 1.165) is 0 Å². The SMILES string of the molecule is COc1c(F)cc(CN)c(OC)c1Cl. The van der Waals surface area contributed by atoms with E-state index in [-0.39, 0.29) is 17.3 Å². The first kappa shape index (κ1) is 11.1. The average Bonchev–Trinajstić information content (AvgIpc) is 2.17. The maximum absolute atomic E-state index is 13.3. The lowest BCUT2D eigenvalue weighted by Gasteiger charge is -2.12. The number of hydrogen-bond acceptors (Lipinski definition) is 3. The maximum Gasteiger partial charge on any atom is 0.176 e. The zero-order valence-corrected chi connectivity index (χ0v) is 8.69. The fraction of sp³-hybridized carbons (Fsp3) is 0.333. The Morgan fingerprint density at radius 2 is 1.93 bits per heavy atom. The smallest absolute Gasteiger partial charge is 0.176 e. The number of methoxy groups -OCH3 is 2. The van der Waals surface area contributed by atoms with Gasteiger partial charge >= 0.3 is 0 Å². The molecule has 0 aliphatic carbocycles. The van der Waals surface area contributed by atoms with E-state index in [4.69, 9.17) is 26.8 Å². The summed E-state index contributed by atoms with van der Waals surface area (Å²) >= 11 is 5.85. The van der Waals surface area contributed by atoms with Crippen molar-refractivity contribution in [3.05, 3.63) is 22.5 Å². The molecule has 1 aromatic rings. The second kappa shape index (κ2) is 4.48. The molecule has 0 bridgehead atoms. The summed E-state index contributed by atoms with van der Waals surface area (Å²) in [5, 5.41) is 0.107. The third-order valence-electron chi connectivity index (χ3n) is 1.84. The van der Waals surface area contributed by atoms with Crippen LogP contribution in [0.1, 0.15) is 5.56 Å². The lowest BCUT2D eigenvalue weighted by Crippen LogP contribution is -2.03. The zero-order valence-electron chi connectivity index (χ0n) is 7.93. The fourth-order valence-corrected chi connectivity index (χ4v) is 1.56. The molecule has 0 amide bonds. The Balaban J connectivity index is 3.39. The van der Waals surface area contributed by atoms with Crippen LogP contribution in [0.2, 0.25) is 5.02 Å². The van der Waals surface area contributed by atoms with Crippen molar-refractivity contribution in [1.82, 2.24) is 0 Å². The summed E-state index contributed by atoms with van der Waals surface area (Å²) < 4.78 is 23.1. The van der Waals surface area contributed by atoms with Crippen molar-refractivity contribution in [2.24, 2.45) is 5.73 Å². The highest BCUT2D eigenvalue weighted by molar-refractivity contribution is 6.33. The van der Waals surface area contributed by atoms with Gasteiger partial charge in [-0.15, -0.1) is 0 Å². The average molecular weight is 220 g/mol. The molecule has 1 rings (SSSR count). The van der Waals surface area contributed by atoms with Crippen LogP contribution in [0.3, 0.4) is 0 Å². The van der Waals surface area contributed by atoms with Gasteiger partial charge in [-0.1, -0.05) is 11.6 Å². The molecule has 14 heavy (non-hydrogen) atoms. The minimum absolute atomic E-state index is 0.0271. The van der Waals surface area contributed by atoms with Crippen molar-refractivity contribution in [3.63, 3.8) is 0 Å². The molecule has 0 aliphatic heterocycles. The van der Waals surface area contributed by atoms with Gasteiger partial charge in [-0.3, -0.25) is 0 Å². The van der Waals surface area contributed by atoms with Gasteiger partial charge in [-0.25, -0.2) is 4.39 Å². The fourth-order valence-electron chi connectivity index (χ4n) is 1.19. The molecule has 0 aromatic heterocycles. The van der Waals surface area contributed by atoms with Crippen molar-refractivity contribution < 1.29 is 13.9 Å². The second-order valence-electron chi connectivity index (χ2n) is 2.60. The Morgan fingerprint density at radius 3 is 2.36 bits per heavy atom. The topological polar surface area (TPSA) is 44.5 Å². The number of halogens is 2. The predicted octanol–water partition coefficient (Wildman–Crippen LogP) is 1.96. The summed E-state index contributed by atoms with van der Waals surface area (Å²) in [6.07, 6.45) is 0. The van der Waals surface area contributed by atoms with E-state index >= 15 is 0 Å². The monoisotopic (exact) mass is 219 g/mol. The van der Waals surface area contributed by atoms with Crippen molar-refractivity contribution in [3.8, 4) is 11.5 Å². The highest BCUT2D eigenvalue weighted by Crippen LogP contribution is 2.38. The molecule has 1 aromatic carbocycles. The van der Waals surface area contributed by atoms with Crippen molar-refractivity contribution >= 4 is 11.6 Å². The summed E-state index contributed by atoms with van der Waals surface area (Å²) in [7, 11) is 2.78. The molecule has 0 saturated carbocycles. The second-order valence-corrected chi connectivity index (χ2v) is 2.98. The Morgan fingerprint density at radius 1 is 1.36 bits per heavy atom. The number of hydrogen-bond donors (Lipinski definition) is 1. The van der Waals surface area contributed by atoms with E-state index in [9.17, 15) is 4.39 Å². The van der Waals surface area contributed by atoms with E-state index in [1.54, 1.807) is 0 Å². The summed E-state index contributed by atoms with van der Waals surface area (Å²) in [5.41, 5.74) is 5.92. The van der Waals surface area contributed by atoms with Gasteiger partial charge in [-0.05, 0) is 6.07 Å². The van der Waals surface area contributed by atoms with E-state index in [2.05, 4.69) is 0 Å². The molecule has 5 heteroatoms. The van der Waals surface area contributed by atoms with Crippen LogP contribution in [0.5, 0.6) is 11.5 Å². The lowest BCUT2D eigenvalue weighted by atomic mass is 10.2. The van der Waals surface area contributed by atoms with Gasteiger partial charge in [0.2, 0.25) is 0 Å². The molecule has 0 fully saturated rings. The number of rotatable bonds is 3. The molecule has 78 valence electrons. The molecule has 0 atom stereocenters. The van der Waals surface area contributed by atoms with Gasteiger partial charge in [0.25, 0.3) is 0 Å². The number of ether oxygens (including phenoxy) is 2. The van der Waals surface area contributed by atoms with Crippen molar-refractivity contribution in [2.45, 2.75) is 6.54 Å². The van der Waals surface area contributed by atoms with Crippen LogP contribution in [0.25, 0.3) is 0 Å². The van der Waals surface area contributed by atoms with Crippen LogP contribution >= 0.6 is 11.6 Å². The van der Waals surface area contributed by atoms with Crippen LogP contribution in [0, 0.1) is 5.82 Å². The first-order chi connectivity index (χ1) is 6.65. The van der Waals surface area contributed by atoms with Crippen LogP contribution in [-0.4, -0.2) is 14.2 Å². The third-order valence-corrected chi connectivity index (χ3v) is 2.18. The standard InChI is InChI=1S/C9H11ClFNO2/c1-13-8-5(4-12)3-6(11)9(14-2)7(8)10/h3H,4,12H2,1-2H3. The van der Waals surface area contributed by atoms with E-state index in [1.807, 2.05) is 0 Å². The van der Waals surface area contributed by atoms with Crippen molar-refractivity contribution in [1.29, 1.82) is 0 Å². The number of nitrogens with two attached hydrogens (primary N) is 1. The molecule has 2 N–H and O–H groups in total. The molecule has 0 radical (unpaired) electrons. The molecule has 0 aliphatic rings. The summed E-state index contributed by atoms with van der Waals surface area (Å²) in [5.74, 6) is -0.216. The number of benzene rings is 1. The van der Waals surface area contributed by atoms with Gasteiger partial charge in [-0.2, -0.15) is 0 Å². The third kappa shape index (κ3) is 1.76. The molecular formula is C9H11ClFNO2. The zero-order chi connectivity index (χ0) is 10.7. The van der Waals surface area contributed by atoms with Gasteiger partial charge < -0.3 is 15.2 Å². The summed E-state index contributed by atoms with van der Waals surface area (Å²) in [6, 6.07) is 1.25. The predicted molar refractivity (Wildman–Crippen MR) is 52.4 cm³/mol. The highest BCUT2D eigenvalue weighted by Gasteiger charge is 2.17. The van der Waals surface area contributed by atoms with Crippen LogP contribution in [0.4, 0.5) is 4.39 Å². The van der Waals surface area contributed by atoms with Gasteiger partial charge in [0.1, 0.15) is 10.8 Å². The van der Waals surface area contributed by atoms with Gasteiger partial charge in [0.05, 0.1) is 14.2 Å². The minimum Gasteiger partial charge on any atom is -0.495 e. The van der Waals surface area contributed by atoms with Crippen LogP contribution in [-0.2, 0) is 6.54 Å². The summed E-state index contributed by atoms with van der Waals surface area (Å²) in [4.78, 5) is 0. The Kier molecular flexibility index (Phi) is 3.55. The normalized spacial score (nSPS) is 10.1. The molecule has 3 nitrogen and oxygen atoms in total. The van der Waals surface area contributed by atoms with Crippen LogP contribution < -0.4 is 15.2 Å². The van der Waals surface area contributed by atoms with Crippen LogP contribution in [0.15, 0.2) is 6.07 Å².